The lowest BCUT2D eigenvalue weighted by atomic mass is 10.0. The first-order valence-corrected chi connectivity index (χ1v) is 5.32. The van der Waals surface area contributed by atoms with E-state index < -0.39 is 0 Å². The fourth-order valence-corrected chi connectivity index (χ4v) is 1.60. The molecule has 1 saturated heterocycles. The maximum atomic E-state index is 5.31. The van der Waals surface area contributed by atoms with Gasteiger partial charge in [0.15, 0.2) is 0 Å². The number of ether oxygens (including phenoxy) is 2. The molecule has 3 nitrogen and oxygen atoms in total. The lowest BCUT2D eigenvalue weighted by molar-refractivity contribution is -0.0518. The summed E-state index contributed by atoms with van der Waals surface area (Å²) in [7, 11) is 0. The Labute approximate surface area is 80.8 Å². The van der Waals surface area contributed by atoms with Crippen LogP contribution in [0, 0.1) is 0 Å². The van der Waals surface area contributed by atoms with Crippen LogP contribution in [0.25, 0.3) is 0 Å². The third-order valence-corrected chi connectivity index (χ3v) is 2.39. The second-order valence-electron chi connectivity index (χ2n) is 3.45. The molecule has 0 saturated carbocycles. The second kappa shape index (κ2) is 7.30. The van der Waals surface area contributed by atoms with E-state index in [4.69, 9.17) is 9.47 Å². The molecule has 1 fully saturated rings. The maximum absolute atomic E-state index is 5.31. The molecule has 1 unspecified atom stereocenters. The van der Waals surface area contributed by atoms with E-state index in [0.29, 0.717) is 12.8 Å². The normalized spacial score (nSPS) is 23.3. The molecule has 1 heterocycles. The van der Waals surface area contributed by atoms with E-state index in [-0.39, 0.29) is 0 Å². The highest BCUT2D eigenvalue weighted by molar-refractivity contribution is 4.71. The zero-order chi connectivity index (χ0) is 9.36. The monoisotopic (exact) mass is 187 g/mol. The van der Waals surface area contributed by atoms with E-state index in [1.165, 1.54) is 25.8 Å². The van der Waals surface area contributed by atoms with Crippen molar-refractivity contribution in [1.82, 2.24) is 5.32 Å². The van der Waals surface area contributed by atoms with E-state index in [2.05, 4.69) is 5.32 Å². The van der Waals surface area contributed by atoms with Gasteiger partial charge in [0.2, 0.25) is 0 Å². The predicted molar refractivity (Wildman–Crippen MR) is 52.7 cm³/mol. The van der Waals surface area contributed by atoms with Crippen molar-refractivity contribution in [2.24, 2.45) is 0 Å². The molecule has 1 atom stereocenters. The average molecular weight is 187 g/mol. The largest absolute Gasteiger partial charge is 0.356 e. The summed E-state index contributed by atoms with van der Waals surface area (Å²) in [5.41, 5.74) is 0. The quantitative estimate of drug-likeness (QED) is 0.505. The molecule has 0 amide bonds. The fourth-order valence-electron chi connectivity index (χ4n) is 1.60. The van der Waals surface area contributed by atoms with Gasteiger partial charge in [0.25, 0.3) is 0 Å². The Morgan fingerprint density at radius 2 is 2.23 bits per heavy atom. The SMILES string of the molecule is CCOCOCCC1CCCCN1. The van der Waals surface area contributed by atoms with E-state index in [1.807, 2.05) is 6.92 Å². The lowest BCUT2D eigenvalue weighted by Crippen LogP contribution is -2.34. The Kier molecular flexibility index (Phi) is 6.15. The Morgan fingerprint density at radius 1 is 1.31 bits per heavy atom. The van der Waals surface area contributed by atoms with Crippen molar-refractivity contribution in [3.05, 3.63) is 0 Å². The van der Waals surface area contributed by atoms with Gasteiger partial charge in [-0.3, -0.25) is 0 Å². The standard InChI is InChI=1S/C10H21NO2/c1-2-12-9-13-8-6-10-5-3-4-7-11-10/h10-11H,2-9H2,1H3. The van der Waals surface area contributed by atoms with Crippen molar-refractivity contribution in [3.8, 4) is 0 Å². The third-order valence-electron chi connectivity index (χ3n) is 2.39. The van der Waals surface area contributed by atoms with E-state index in [9.17, 15) is 0 Å². The summed E-state index contributed by atoms with van der Waals surface area (Å²) in [4.78, 5) is 0. The molecule has 0 spiro atoms. The summed E-state index contributed by atoms with van der Waals surface area (Å²) in [6.45, 7) is 5.16. The number of rotatable bonds is 6. The minimum Gasteiger partial charge on any atom is -0.356 e. The zero-order valence-electron chi connectivity index (χ0n) is 8.55. The Balaban J connectivity index is 1.86. The van der Waals surface area contributed by atoms with Crippen LogP contribution in [0.2, 0.25) is 0 Å². The predicted octanol–water partition coefficient (Wildman–Crippen LogP) is 1.53. The second-order valence-corrected chi connectivity index (χ2v) is 3.45. The molecule has 78 valence electrons. The van der Waals surface area contributed by atoms with Gasteiger partial charge in [-0.15, -0.1) is 0 Å². The molecule has 1 aliphatic heterocycles. The molecule has 0 radical (unpaired) electrons. The summed E-state index contributed by atoms with van der Waals surface area (Å²) in [5, 5.41) is 3.49. The van der Waals surface area contributed by atoms with E-state index in [0.717, 1.165) is 19.6 Å². The Bertz CT molecular complexity index is 113. The van der Waals surface area contributed by atoms with Crippen LogP contribution in [0.15, 0.2) is 0 Å². The summed E-state index contributed by atoms with van der Waals surface area (Å²) in [6.07, 6.45) is 5.12. The molecule has 0 aliphatic carbocycles. The lowest BCUT2D eigenvalue weighted by Gasteiger charge is -2.23. The van der Waals surface area contributed by atoms with Gasteiger partial charge in [0.05, 0.1) is 6.61 Å². The smallest absolute Gasteiger partial charge is 0.146 e. The van der Waals surface area contributed by atoms with Crippen molar-refractivity contribution < 1.29 is 9.47 Å². The van der Waals surface area contributed by atoms with Gasteiger partial charge < -0.3 is 14.8 Å². The molecule has 0 aromatic rings. The molecule has 1 rings (SSSR count). The van der Waals surface area contributed by atoms with Gasteiger partial charge in [-0.1, -0.05) is 6.42 Å². The molecule has 0 aromatic heterocycles. The highest BCUT2D eigenvalue weighted by atomic mass is 16.7. The summed E-state index contributed by atoms with van der Waals surface area (Å²) in [5.74, 6) is 0. The van der Waals surface area contributed by atoms with Gasteiger partial charge >= 0.3 is 0 Å². The van der Waals surface area contributed by atoms with E-state index >= 15 is 0 Å². The van der Waals surface area contributed by atoms with Gasteiger partial charge in [-0.25, -0.2) is 0 Å². The minimum atomic E-state index is 0.448. The number of hydrogen-bond donors (Lipinski definition) is 1. The summed E-state index contributed by atoms with van der Waals surface area (Å²) in [6, 6.07) is 0.676. The fraction of sp³-hybridized carbons (Fsp3) is 1.00. The first-order valence-electron chi connectivity index (χ1n) is 5.32. The van der Waals surface area contributed by atoms with Crippen LogP contribution in [0.5, 0.6) is 0 Å². The zero-order valence-corrected chi connectivity index (χ0v) is 8.55. The van der Waals surface area contributed by atoms with Crippen molar-refractivity contribution in [3.63, 3.8) is 0 Å². The number of nitrogens with one attached hydrogen (secondary N) is 1. The first kappa shape index (κ1) is 11.0. The van der Waals surface area contributed by atoms with Crippen LogP contribution >= 0.6 is 0 Å². The molecular formula is C10H21NO2. The Morgan fingerprint density at radius 3 is 2.92 bits per heavy atom. The molecule has 13 heavy (non-hydrogen) atoms. The summed E-state index contributed by atoms with van der Waals surface area (Å²) < 4.78 is 10.4. The number of piperidine rings is 1. The van der Waals surface area contributed by atoms with Crippen molar-refractivity contribution >= 4 is 0 Å². The molecule has 1 aliphatic rings. The molecule has 0 bridgehead atoms. The highest BCUT2D eigenvalue weighted by Crippen LogP contribution is 2.09. The van der Waals surface area contributed by atoms with Crippen molar-refractivity contribution in [2.75, 3.05) is 26.6 Å². The molecule has 0 aromatic carbocycles. The Hall–Kier alpha value is -0.120. The third kappa shape index (κ3) is 5.24. The minimum absolute atomic E-state index is 0.448. The first-order chi connectivity index (χ1) is 6.43. The van der Waals surface area contributed by atoms with Crippen molar-refractivity contribution in [2.45, 2.75) is 38.6 Å². The highest BCUT2D eigenvalue weighted by Gasteiger charge is 2.11. The van der Waals surface area contributed by atoms with Crippen LogP contribution in [-0.4, -0.2) is 32.6 Å². The van der Waals surface area contributed by atoms with Crippen molar-refractivity contribution in [1.29, 1.82) is 0 Å². The topological polar surface area (TPSA) is 30.5 Å². The van der Waals surface area contributed by atoms with E-state index in [1.54, 1.807) is 0 Å². The van der Waals surface area contributed by atoms with Gasteiger partial charge in [0.1, 0.15) is 6.79 Å². The summed E-state index contributed by atoms with van der Waals surface area (Å²) >= 11 is 0. The van der Waals surface area contributed by atoms with Gasteiger partial charge in [-0.05, 0) is 32.7 Å². The molecule has 3 heteroatoms. The van der Waals surface area contributed by atoms with Gasteiger partial charge in [-0.2, -0.15) is 0 Å². The van der Waals surface area contributed by atoms with Crippen LogP contribution in [-0.2, 0) is 9.47 Å². The molecular weight excluding hydrogens is 166 g/mol. The van der Waals surface area contributed by atoms with Crippen LogP contribution < -0.4 is 5.32 Å². The van der Waals surface area contributed by atoms with Crippen LogP contribution in [0.1, 0.15) is 32.6 Å². The van der Waals surface area contributed by atoms with Crippen LogP contribution in [0.4, 0.5) is 0 Å². The number of hydrogen-bond acceptors (Lipinski definition) is 3. The van der Waals surface area contributed by atoms with Crippen LogP contribution in [0.3, 0.4) is 0 Å². The molecule has 1 N–H and O–H groups in total. The average Bonchev–Trinajstić information content (AvgIpc) is 2.19. The van der Waals surface area contributed by atoms with Gasteiger partial charge in [0, 0.05) is 12.6 Å². The maximum Gasteiger partial charge on any atom is 0.146 e.